The van der Waals surface area contributed by atoms with Gasteiger partial charge in [0.05, 0.1) is 11.1 Å². The van der Waals surface area contributed by atoms with E-state index in [1.54, 1.807) is 19.9 Å². The van der Waals surface area contributed by atoms with Crippen molar-refractivity contribution in [3.63, 3.8) is 0 Å². The molecule has 0 aliphatic heterocycles. The van der Waals surface area contributed by atoms with Crippen molar-refractivity contribution in [2.24, 2.45) is 0 Å². The van der Waals surface area contributed by atoms with Gasteiger partial charge in [-0.3, -0.25) is 9.78 Å². The molecule has 1 aliphatic rings. The van der Waals surface area contributed by atoms with E-state index < -0.39 is 18.0 Å². The van der Waals surface area contributed by atoms with Gasteiger partial charge in [0.1, 0.15) is 5.76 Å². The first-order chi connectivity index (χ1) is 13.6. The summed E-state index contributed by atoms with van der Waals surface area (Å²) in [6.45, 7) is 3.52. The molecule has 0 radical (unpaired) electrons. The van der Waals surface area contributed by atoms with Crippen LogP contribution >= 0.6 is 0 Å². The van der Waals surface area contributed by atoms with Crippen LogP contribution in [0.5, 0.6) is 0 Å². The number of nitrogens with one attached hydrogen (secondary N) is 1. The molecule has 1 unspecified atom stereocenters. The average Bonchev–Trinajstić information content (AvgIpc) is 3.32. The van der Waals surface area contributed by atoms with Crippen molar-refractivity contribution < 1.29 is 18.8 Å². The Hall–Kier alpha value is -3.22. The third kappa shape index (κ3) is 3.35. The minimum Gasteiger partial charge on any atom is -0.449 e. The number of hydrogen-bond donors (Lipinski definition) is 1. The number of amides is 1. The average molecular weight is 379 g/mol. The first kappa shape index (κ1) is 18.2. The van der Waals surface area contributed by atoms with E-state index in [0.29, 0.717) is 23.6 Å². The van der Waals surface area contributed by atoms with Crippen molar-refractivity contribution in [2.75, 3.05) is 5.32 Å². The number of carbonyl (C=O) groups is 2. The molecule has 0 saturated heterocycles. The molecule has 1 aromatic carbocycles. The lowest BCUT2D eigenvalue weighted by Crippen LogP contribution is -2.32. The highest BCUT2D eigenvalue weighted by Gasteiger charge is 2.28. The van der Waals surface area contributed by atoms with Crippen LogP contribution in [0.2, 0.25) is 0 Å². The standard InChI is InChI=1S/C21H21N3O4/c1-3-17(20(25)23-18-11-12(2)28-24-18)27-21(26)19-13-7-4-5-9-15(13)22-16-10-6-8-14(16)19/h4-5,7,9,11,17H,3,6,8,10H2,1-2H3,(H,23,24,25). The summed E-state index contributed by atoms with van der Waals surface area (Å²) in [5.74, 6) is -0.0411. The number of esters is 1. The summed E-state index contributed by atoms with van der Waals surface area (Å²) in [4.78, 5) is 30.3. The smallest absolute Gasteiger partial charge is 0.339 e. The summed E-state index contributed by atoms with van der Waals surface area (Å²) >= 11 is 0. The SMILES string of the molecule is CCC(OC(=O)c1c2c(nc3ccccc13)CCC2)C(=O)Nc1cc(C)on1. The largest absolute Gasteiger partial charge is 0.449 e. The number of carbonyl (C=O) groups excluding carboxylic acids is 2. The molecule has 0 spiro atoms. The zero-order chi connectivity index (χ0) is 19.7. The monoisotopic (exact) mass is 379 g/mol. The second-order valence-electron chi connectivity index (χ2n) is 6.90. The molecular formula is C21H21N3O4. The van der Waals surface area contributed by atoms with Crippen LogP contribution in [0.1, 0.15) is 47.1 Å². The highest BCUT2D eigenvalue weighted by molar-refractivity contribution is 6.06. The quantitative estimate of drug-likeness (QED) is 0.681. The third-order valence-corrected chi connectivity index (χ3v) is 4.92. The van der Waals surface area contributed by atoms with Gasteiger partial charge in [-0.15, -0.1) is 0 Å². The summed E-state index contributed by atoms with van der Waals surface area (Å²) < 4.78 is 10.6. The summed E-state index contributed by atoms with van der Waals surface area (Å²) in [5, 5.41) is 7.13. The number of para-hydroxylation sites is 1. The minimum atomic E-state index is -0.923. The summed E-state index contributed by atoms with van der Waals surface area (Å²) in [6, 6.07) is 9.14. The molecule has 0 saturated carbocycles. The van der Waals surface area contributed by atoms with Gasteiger partial charge in [-0.2, -0.15) is 0 Å². The van der Waals surface area contributed by atoms with Crippen LogP contribution in [0, 0.1) is 6.92 Å². The molecule has 3 aromatic rings. The van der Waals surface area contributed by atoms with E-state index in [0.717, 1.165) is 41.4 Å². The Bertz CT molecular complexity index is 1060. The highest BCUT2D eigenvalue weighted by atomic mass is 16.5. The molecule has 7 nitrogen and oxygen atoms in total. The molecule has 2 aromatic heterocycles. The molecular weight excluding hydrogens is 358 g/mol. The number of aryl methyl sites for hydroxylation is 2. The lowest BCUT2D eigenvalue weighted by Gasteiger charge is -2.17. The van der Waals surface area contributed by atoms with Crippen LogP contribution in [0.4, 0.5) is 5.82 Å². The summed E-state index contributed by atoms with van der Waals surface area (Å²) in [5.41, 5.74) is 3.18. The van der Waals surface area contributed by atoms with Crippen molar-refractivity contribution in [3.8, 4) is 0 Å². The predicted octanol–water partition coefficient (Wildman–Crippen LogP) is 3.59. The molecule has 0 fully saturated rings. The number of pyridine rings is 1. The fourth-order valence-corrected chi connectivity index (χ4v) is 3.59. The molecule has 7 heteroatoms. The zero-order valence-corrected chi connectivity index (χ0v) is 15.8. The third-order valence-electron chi connectivity index (χ3n) is 4.92. The van der Waals surface area contributed by atoms with E-state index in [9.17, 15) is 9.59 Å². The Labute approximate surface area is 162 Å². The van der Waals surface area contributed by atoms with Gasteiger partial charge in [0.25, 0.3) is 5.91 Å². The maximum absolute atomic E-state index is 13.1. The number of nitrogens with zero attached hydrogens (tertiary/aromatic N) is 2. The molecule has 4 rings (SSSR count). The van der Waals surface area contributed by atoms with E-state index in [-0.39, 0.29) is 0 Å². The zero-order valence-electron chi connectivity index (χ0n) is 15.8. The molecule has 1 atom stereocenters. The second kappa shape index (κ2) is 7.42. The van der Waals surface area contributed by atoms with Crippen molar-refractivity contribution in [1.29, 1.82) is 0 Å². The summed E-state index contributed by atoms with van der Waals surface area (Å²) in [6.07, 6.45) is 2.03. The minimum absolute atomic E-state index is 0.298. The van der Waals surface area contributed by atoms with Gasteiger partial charge in [-0.1, -0.05) is 30.3 Å². The molecule has 2 heterocycles. The number of fused-ring (bicyclic) bond motifs is 2. The van der Waals surface area contributed by atoms with E-state index >= 15 is 0 Å². The molecule has 1 aliphatic carbocycles. The summed E-state index contributed by atoms with van der Waals surface area (Å²) in [7, 11) is 0. The topological polar surface area (TPSA) is 94.3 Å². The fraction of sp³-hybridized carbons (Fsp3) is 0.333. The molecule has 1 N–H and O–H groups in total. The van der Waals surface area contributed by atoms with Crippen molar-refractivity contribution in [2.45, 2.75) is 45.6 Å². The van der Waals surface area contributed by atoms with Crippen LogP contribution in [0.25, 0.3) is 10.9 Å². The molecule has 0 bridgehead atoms. The second-order valence-corrected chi connectivity index (χ2v) is 6.90. The number of rotatable bonds is 5. The number of ether oxygens (including phenoxy) is 1. The first-order valence-corrected chi connectivity index (χ1v) is 9.42. The Morgan fingerprint density at radius 1 is 1.29 bits per heavy atom. The van der Waals surface area contributed by atoms with Gasteiger partial charge in [0.2, 0.25) is 0 Å². The van der Waals surface area contributed by atoms with Crippen molar-refractivity contribution in [1.82, 2.24) is 10.1 Å². The highest BCUT2D eigenvalue weighted by Crippen LogP contribution is 2.30. The van der Waals surface area contributed by atoms with Crippen LogP contribution in [0.3, 0.4) is 0 Å². The van der Waals surface area contributed by atoms with Crippen molar-refractivity contribution >= 4 is 28.6 Å². The van der Waals surface area contributed by atoms with E-state index in [4.69, 9.17) is 9.26 Å². The van der Waals surface area contributed by atoms with Crippen LogP contribution in [-0.2, 0) is 22.4 Å². The number of aromatic nitrogens is 2. The normalized spacial score (nSPS) is 13.9. The molecule has 1 amide bonds. The molecule has 144 valence electrons. The number of hydrogen-bond acceptors (Lipinski definition) is 6. The van der Waals surface area contributed by atoms with Gasteiger partial charge in [-0.05, 0) is 44.2 Å². The lowest BCUT2D eigenvalue weighted by atomic mass is 10.0. The van der Waals surface area contributed by atoms with Gasteiger partial charge >= 0.3 is 5.97 Å². The van der Waals surface area contributed by atoms with Gasteiger partial charge in [-0.25, -0.2) is 4.79 Å². The van der Waals surface area contributed by atoms with Crippen LogP contribution in [-0.4, -0.2) is 28.1 Å². The maximum atomic E-state index is 13.1. The number of benzene rings is 1. The molecule has 28 heavy (non-hydrogen) atoms. The maximum Gasteiger partial charge on any atom is 0.339 e. The number of anilines is 1. The van der Waals surface area contributed by atoms with Gasteiger partial charge in [0, 0.05) is 17.1 Å². The Kier molecular flexibility index (Phi) is 4.81. The Morgan fingerprint density at radius 3 is 2.86 bits per heavy atom. The fourth-order valence-electron chi connectivity index (χ4n) is 3.59. The van der Waals surface area contributed by atoms with Crippen LogP contribution in [0.15, 0.2) is 34.9 Å². The van der Waals surface area contributed by atoms with Gasteiger partial charge < -0.3 is 14.6 Å². The van der Waals surface area contributed by atoms with Gasteiger partial charge in [0.15, 0.2) is 11.9 Å². The van der Waals surface area contributed by atoms with E-state index in [2.05, 4.69) is 15.5 Å². The Balaban J connectivity index is 1.61. The van der Waals surface area contributed by atoms with Crippen LogP contribution < -0.4 is 5.32 Å². The first-order valence-electron chi connectivity index (χ1n) is 9.42. The lowest BCUT2D eigenvalue weighted by molar-refractivity contribution is -0.124. The van der Waals surface area contributed by atoms with E-state index in [1.165, 1.54) is 0 Å². The van der Waals surface area contributed by atoms with E-state index in [1.807, 2.05) is 24.3 Å². The Morgan fingerprint density at radius 2 is 2.11 bits per heavy atom. The predicted molar refractivity (Wildman–Crippen MR) is 103 cm³/mol. The van der Waals surface area contributed by atoms with Crippen molar-refractivity contribution in [3.05, 3.63) is 52.9 Å².